The Kier molecular flexibility index (Phi) is 7.21. The molecule has 0 aromatic rings. The standard InChI is InChI=1S/C8H17NO3.ClH/c1-8(2,3)12-7(10)6(9)5-11-4;/h6H,5,9H2,1-4H3;1H/t6-;/m1./s1. The van der Waals surface area contributed by atoms with E-state index in [0.717, 1.165) is 0 Å². The zero-order chi connectivity index (χ0) is 9.78. The smallest absolute Gasteiger partial charge is 0.325 e. The molecular formula is C8H18ClNO3. The normalized spacial score (nSPS) is 13.0. The summed E-state index contributed by atoms with van der Waals surface area (Å²) >= 11 is 0. The molecule has 0 unspecified atom stereocenters. The van der Waals surface area contributed by atoms with Crippen molar-refractivity contribution in [2.75, 3.05) is 13.7 Å². The van der Waals surface area contributed by atoms with Gasteiger partial charge in [-0.1, -0.05) is 0 Å². The Labute approximate surface area is 85.2 Å². The predicted octanol–water partition coefficient (Wildman–Crippen LogP) is 0.724. The maximum Gasteiger partial charge on any atom is 0.325 e. The molecule has 0 saturated carbocycles. The summed E-state index contributed by atoms with van der Waals surface area (Å²) in [6.45, 7) is 5.58. The maximum absolute atomic E-state index is 11.1. The molecule has 0 radical (unpaired) electrons. The SMILES string of the molecule is COC[C@@H](N)C(=O)OC(C)(C)C.Cl. The van der Waals surface area contributed by atoms with Crippen LogP contribution in [-0.4, -0.2) is 31.3 Å². The summed E-state index contributed by atoms with van der Waals surface area (Å²) in [4.78, 5) is 11.1. The molecule has 0 rings (SSSR count). The van der Waals surface area contributed by atoms with Crippen LogP contribution >= 0.6 is 12.4 Å². The highest BCUT2D eigenvalue weighted by Gasteiger charge is 2.21. The minimum Gasteiger partial charge on any atom is -0.459 e. The molecule has 0 aliphatic carbocycles. The lowest BCUT2D eigenvalue weighted by Crippen LogP contribution is -2.40. The van der Waals surface area contributed by atoms with Gasteiger partial charge in [0.15, 0.2) is 0 Å². The summed E-state index contributed by atoms with van der Waals surface area (Å²) in [5, 5.41) is 0. The van der Waals surface area contributed by atoms with E-state index in [1.807, 2.05) is 0 Å². The van der Waals surface area contributed by atoms with Gasteiger partial charge in [-0.05, 0) is 20.8 Å². The minimum absolute atomic E-state index is 0. The molecule has 0 spiro atoms. The number of esters is 1. The molecule has 5 heteroatoms. The first-order valence-corrected chi connectivity index (χ1v) is 3.84. The molecule has 13 heavy (non-hydrogen) atoms. The Morgan fingerprint density at radius 3 is 2.23 bits per heavy atom. The molecule has 0 fully saturated rings. The molecule has 0 bridgehead atoms. The average Bonchev–Trinajstić information content (AvgIpc) is 1.84. The average molecular weight is 212 g/mol. The summed E-state index contributed by atoms with van der Waals surface area (Å²) in [6, 6.07) is -0.686. The lowest BCUT2D eigenvalue weighted by molar-refractivity contribution is -0.157. The topological polar surface area (TPSA) is 61.5 Å². The molecule has 0 aromatic carbocycles. The van der Waals surface area contributed by atoms with E-state index in [1.165, 1.54) is 7.11 Å². The van der Waals surface area contributed by atoms with Gasteiger partial charge in [0.25, 0.3) is 0 Å². The highest BCUT2D eigenvalue weighted by Crippen LogP contribution is 2.07. The molecular weight excluding hydrogens is 194 g/mol. The van der Waals surface area contributed by atoms with E-state index in [2.05, 4.69) is 0 Å². The van der Waals surface area contributed by atoms with E-state index < -0.39 is 17.6 Å². The summed E-state index contributed by atoms with van der Waals surface area (Å²) in [5.41, 5.74) is 4.95. The van der Waals surface area contributed by atoms with E-state index in [1.54, 1.807) is 20.8 Å². The van der Waals surface area contributed by atoms with Crippen LogP contribution in [-0.2, 0) is 14.3 Å². The fourth-order valence-electron chi connectivity index (χ4n) is 0.625. The lowest BCUT2D eigenvalue weighted by Gasteiger charge is -2.21. The Bertz CT molecular complexity index is 156. The quantitative estimate of drug-likeness (QED) is 0.699. The molecule has 0 heterocycles. The molecule has 2 N–H and O–H groups in total. The van der Waals surface area contributed by atoms with Crippen molar-refractivity contribution < 1.29 is 14.3 Å². The van der Waals surface area contributed by atoms with Gasteiger partial charge in [-0.3, -0.25) is 4.79 Å². The number of halogens is 1. The third-order valence-electron chi connectivity index (χ3n) is 1.06. The molecule has 80 valence electrons. The number of hydrogen-bond donors (Lipinski definition) is 1. The van der Waals surface area contributed by atoms with Gasteiger partial charge in [0.1, 0.15) is 11.6 Å². The Morgan fingerprint density at radius 1 is 1.46 bits per heavy atom. The van der Waals surface area contributed by atoms with Crippen LogP contribution in [0.15, 0.2) is 0 Å². The molecule has 1 atom stereocenters. The van der Waals surface area contributed by atoms with Crippen molar-refractivity contribution in [1.29, 1.82) is 0 Å². The zero-order valence-corrected chi connectivity index (χ0v) is 9.31. The number of carbonyl (C=O) groups excluding carboxylic acids is 1. The molecule has 0 amide bonds. The van der Waals surface area contributed by atoms with Crippen molar-refractivity contribution in [3.63, 3.8) is 0 Å². The van der Waals surface area contributed by atoms with Gasteiger partial charge in [-0.2, -0.15) is 0 Å². The molecule has 4 nitrogen and oxygen atoms in total. The fraction of sp³-hybridized carbons (Fsp3) is 0.875. The predicted molar refractivity (Wildman–Crippen MR) is 52.9 cm³/mol. The largest absolute Gasteiger partial charge is 0.459 e. The molecule has 0 aliphatic heterocycles. The van der Waals surface area contributed by atoms with Gasteiger partial charge in [-0.25, -0.2) is 0 Å². The van der Waals surface area contributed by atoms with E-state index >= 15 is 0 Å². The van der Waals surface area contributed by atoms with E-state index in [4.69, 9.17) is 15.2 Å². The van der Waals surface area contributed by atoms with Gasteiger partial charge in [-0.15, -0.1) is 12.4 Å². The second kappa shape index (κ2) is 6.18. The number of hydrogen-bond acceptors (Lipinski definition) is 4. The Hall–Kier alpha value is -0.320. The third-order valence-corrected chi connectivity index (χ3v) is 1.06. The summed E-state index contributed by atoms with van der Waals surface area (Å²) < 4.78 is 9.72. The number of ether oxygens (including phenoxy) is 2. The lowest BCUT2D eigenvalue weighted by atomic mass is 10.2. The summed E-state index contributed by atoms with van der Waals surface area (Å²) in [7, 11) is 1.49. The minimum atomic E-state index is -0.686. The Morgan fingerprint density at radius 2 is 1.92 bits per heavy atom. The van der Waals surface area contributed by atoms with Gasteiger partial charge in [0.05, 0.1) is 6.61 Å². The number of carbonyl (C=O) groups is 1. The summed E-state index contributed by atoms with van der Waals surface area (Å²) in [5.74, 6) is -0.427. The van der Waals surface area contributed by atoms with Crippen molar-refractivity contribution in [1.82, 2.24) is 0 Å². The monoisotopic (exact) mass is 211 g/mol. The van der Waals surface area contributed by atoms with Crippen LogP contribution in [0.4, 0.5) is 0 Å². The van der Waals surface area contributed by atoms with Gasteiger partial charge in [0, 0.05) is 7.11 Å². The van der Waals surface area contributed by atoms with Crippen LogP contribution in [0, 0.1) is 0 Å². The Balaban J connectivity index is 0. The van der Waals surface area contributed by atoms with E-state index in [9.17, 15) is 4.79 Å². The van der Waals surface area contributed by atoms with Crippen LogP contribution in [0.1, 0.15) is 20.8 Å². The van der Waals surface area contributed by atoms with Crippen LogP contribution in [0.5, 0.6) is 0 Å². The molecule has 0 saturated heterocycles. The molecule has 0 aliphatic rings. The van der Waals surface area contributed by atoms with E-state index in [-0.39, 0.29) is 19.0 Å². The number of methoxy groups -OCH3 is 1. The second-order valence-electron chi connectivity index (χ2n) is 3.60. The van der Waals surface area contributed by atoms with Crippen LogP contribution in [0.3, 0.4) is 0 Å². The summed E-state index contributed by atoms with van der Waals surface area (Å²) in [6.07, 6.45) is 0. The maximum atomic E-state index is 11.1. The second-order valence-corrected chi connectivity index (χ2v) is 3.60. The number of nitrogens with two attached hydrogens (primary N) is 1. The van der Waals surface area contributed by atoms with Gasteiger partial charge < -0.3 is 15.2 Å². The fourth-order valence-corrected chi connectivity index (χ4v) is 0.625. The zero-order valence-electron chi connectivity index (χ0n) is 8.49. The van der Waals surface area contributed by atoms with Crippen molar-refractivity contribution in [2.45, 2.75) is 32.4 Å². The highest BCUT2D eigenvalue weighted by atomic mass is 35.5. The van der Waals surface area contributed by atoms with Crippen molar-refractivity contribution in [2.24, 2.45) is 5.73 Å². The van der Waals surface area contributed by atoms with Gasteiger partial charge >= 0.3 is 5.97 Å². The van der Waals surface area contributed by atoms with Crippen molar-refractivity contribution in [3.05, 3.63) is 0 Å². The number of rotatable bonds is 3. The van der Waals surface area contributed by atoms with Crippen molar-refractivity contribution >= 4 is 18.4 Å². The van der Waals surface area contributed by atoms with Crippen LogP contribution < -0.4 is 5.73 Å². The van der Waals surface area contributed by atoms with Gasteiger partial charge in [0.2, 0.25) is 0 Å². The first-order valence-electron chi connectivity index (χ1n) is 3.84. The first kappa shape index (κ1) is 15.2. The van der Waals surface area contributed by atoms with Crippen LogP contribution in [0.2, 0.25) is 0 Å². The third kappa shape index (κ3) is 8.02. The molecule has 0 aromatic heterocycles. The first-order chi connectivity index (χ1) is 5.37. The van der Waals surface area contributed by atoms with E-state index in [0.29, 0.717) is 0 Å². The van der Waals surface area contributed by atoms with Crippen molar-refractivity contribution in [3.8, 4) is 0 Å². The van der Waals surface area contributed by atoms with Crippen LogP contribution in [0.25, 0.3) is 0 Å². The highest BCUT2D eigenvalue weighted by molar-refractivity contribution is 5.85.